The molecule has 96 valence electrons. The summed E-state index contributed by atoms with van der Waals surface area (Å²) >= 11 is 0. The van der Waals surface area contributed by atoms with Crippen LogP contribution in [0.25, 0.3) is 0 Å². The highest BCUT2D eigenvalue weighted by atomic mass is 16.5. The minimum Gasteiger partial charge on any atom is -0.496 e. The highest BCUT2D eigenvalue weighted by Crippen LogP contribution is 2.39. The lowest BCUT2D eigenvalue weighted by Crippen LogP contribution is -2.33. The lowest BCUT2D eigenvalue weighted by Gasteiger charge is -2.27. The van der Waals surface area contributed by atoms with Crippen LogP contribution in [0.1, 0.15) is 19.4 Å². The van der Waals surface area contributed by atoms with Crippen molar-refractivity contribution in [3.05, 3.63) is 17.7 Å². The van der Waals surface area contributed by atoms with Gasteiger partial charge >= 0.3 is 0 Å². The number of ether oxygens (including phenoxy) is 3. The van der Waals surface area contributed by atoms with Crippen LogP contribution in [0, 0.1) is 0 Å². The average Bonchev–Trinajstić information content (AvgIpc) is 2.36. The second-order valence-corrected chi connectivity index (χ2v) is 4.28. The number of hydrogen-bond acceptors (Lipinski definition) is 4. The zero-order valence-corrected chi connectivity index (χ0v) is 11.4. The molecule has 1 N–H and O–H groups in total. The number of rotatable bonds is 5. The standard InChI is InChI=1S/C13H21NO3/c1-13(2,14-3)9-7-11(16-5)12(17-6)8-10(9)15-4/h7-8,14H,1-6H3. The third kappa shape index (κ3) is 2.64. The molecule has 17 heavy (non-hydrogen) atoms. The van der Waals surface area contributed by atoms with Gasteiger partial charge in [0.25, 0.3) is 0 Å². The predicted octanol–water partition coefficient (Wildman–Crippen LogP) is 2.17. The van der Waals surface area contributed by atoms with Crippen molar-refractivity contribution in [1.82, 2.24) is 5.32 Å². The topological polar surface area (TPSA) is 39.7 Å². The smallest absolute Gasteiger partial charge is 0.164 e. The van der Waals surface area contributed by atoms with Gasteiger partial charge in [-0.25, -0.2) is 0 Å². The van der Waals surface area contributed by atoms with E-state index < -0.39 is 0 Å². The average molecular weight is 239 g/mol. The van der Waals surface area contributed by atoms with Gasteiger partial charge in [-0.15, -0.1) is 0 Å². The Balaban J connectivity index is 3.38. The third-order valence-corrected chi connectivity index (χ3v) is 3.00. The summed E-state index contributed by atoms with van der Waals surface area (Å²) in [5, 5.41) is 3.24. The van der Waals surface area contributed by atoms with Crippen molar-refractivity contribution in [2.45, 2.75) is 19.4 Å². The van der Waals surface area contributed by atoms with Gasteiger partial charge in [-0.05, 0) is 27.0 Å². The highest BCUT2D eigenvalue weighted by molar-refractivity contribution is 5.52. The quantitative estimate of drug-likeness (QED) is 0.854. The Labute approximate surface area is 103 Å². The van der Waals surface area contributed by atoms with Gasteiger partial charge in [0.05, 0.1) is 21.3 Å². The molecule has 1 rings (SSSR count). The zero-order chi connectivity index (χ0) is 13.1. The molecule has 1 aromatic rings. The molecule has 0 saturated heterocycles. The maximum absolute atomic E-state index is 5.40. The Morgan fingerprint density at radius 3 is 1.76 bits per heavy atom. The van der Waals surface area contributed by atoms with Crippen molar-refractivity contribution in [3.63, 3.8) is 0 Å². The normalized spacial score (nSPS) is 11.2. The minimum atomic E-state index is -0.203. The van der Waals surface area contributed by atoms with Crippen LogP contribution >= 0.6 is 0 Å². The van der Waals surface area contributed by atoms with Gasteiger partial charge in [-0.1, -0.05) is 0 Å². The van der Waals surface area contributed by atoms with Crippen molar-refractivity contribution >= 4 is 0 Å². The van der Waals surface area contributed by atoms with Gasteiger partial charge in [0.1, 0.15) is 5.75 Å². The Hall–Kier alpha value is -1.42. The van der Waals surface area contributed by atoms with E-state index in [1.165, 1.54) is 0 Å². The summed E-state index contributed by atoms with van der Waals surface area (Å²) in [5.74, 6) is 2.15. The van der Waals surface area contributed by atoms with E-state index in [0.29, 0.717) is 11.5 Å². The van der Waals surface area contributed by atoms with Gasteiger partial charge in [0, 0.05) is 17.2 Å². The molecule has 0 fully saturated rings. The van der Waals surface area contributed by atoms with Crippen molar-refractivity contribution in [2.75, 3.05) is 28.4 Å². The van der Waals surface area contributed by atoms with Crippen LogP contribution in [0.2, 0.25) is 0 Å². The van der Waals surface area contributed by atoms with E-state index in [2.05, 4.69) is 19.2 Å². The summed E-state index contributed by atoms with van der Waals surface area (Å²) in [5.41, 5.74) is 0.824. The number of benzene rings is 1. The summed E-state index contributed by atoms with van der Waals surface area (Å²) in [6.45, 7) is 4.16. The molecular weight excluding hydrogens is 218 g/mol. The fraction of sp³-hybridized carbons (Fsp3) is 0.538. The molecule has 0 aliphatic heterocycles. The fourth-order valence-electron chi connectivity index (χ4n) is 1.65. The van der Waals surface area contributed by atoms with E-state index in [4.69, 9.17) is 14.2 Å². The van der Waals surface area contributed by atoms with Crippen molar-refractivity contribution in [3.8, 4) is 17.2 Å². The van der Waals surface area contributed by atoms with E-state index in [-0.39, 0.29) is 5.54 Å². The summed E-state index contributed by atoms with van der Waals surface area (Å²) in [6.07, 6.45) is 0. The Bertz CT molecular complexity index is 388. The summed E-state index contributed by atoms with van der Waals surface area (Å²) < 4.78 is 16.0. The van der Waals surface area contributed by atoms with Crippen LogP contribution in [0.4, 0.5) is 0 Å². The second-order valence-electron chi connectivity index (χ2n) is 4.28. The molecule has 0 bridgehead atoms. The number of hydrogen-bond donors (Lipinski definition) is 1. The Morgan fingerprint density at radius 1 is 0.882 bits per heavy atom. The van der Waals surface area contributed by atoms with Crippen molar-refractivity contribution in [2.24, 2.45) is 0 Å². The lowest BCUT2D eigenvalue weighted by molar-refractivity contribution is 0.338. The molecular formula is C13H21NO3. The number of methoxy groups -OCH3 is 3. The lowest BCUT2D eigenvalue weighted by atomic mass is 9.93. The molecule has 0 heterocycles. The van der Waals surface area contributed by atoms with E-state index in [1.54, 1.807) is 21.3 Å². The van der Waals surface area contributed by atoms with Crippen molar-refractivity contribution < 1.29 is 14.2 Å². The maximum atomic E-state index is 5.40. The van der Waals surface area contributed by atoms with E-state index in [0.717, 1.165) is 11.3 Å². The van der Waals surface area contributed by atoms with Gasteiger partial charge in [0.2, 0.25) is 0 Å². The largest absolute Gasteiger partial charge is 0.496 e. The molecule has 0 aliphatic rings. The van der Waals surface area contributed by atoms with Gasteiger partial charge in [-0.3, -0.25) is 0 Å². The molecule has 1 aromatic carbocycles. The first-order chi connectivity index (χ1) is 8.00. The van der Waals surface area contributed by atoms with Crippen LogP contribution in [0.15, 0.2) is 12.1 Å². The maximum Gasteiger partial charge on any atom is 0.164 e. The minimum absolute atomic E-state index is 0.203. The van der Waals surface area contributed by atoms with Crippen LogP contribution in [0.3, 0.4) is 0 Å². The highest BCUT2D eigenvalue weighted by Gasteiger charge is 2.24. The fourth-order valence-corrected chi connectivity index (χ4v) is 1.65. The van der Waals surface area contributed by atoms with E-state index >= 15 is 0 Å². The van der Waals surface area contributed by atoms with E-state index in [9.17, 15) is 0 Å². The predicted molar refractivity (Wildman–Crippen MR) is 68.2 cm³/mol. The SMILES string of the molecule is CNC(C)(C)c1cc(OC)c(OC)cc1OC. The summed E-state index contributed by atoms with van der Waals surface area (Å²) in [4.78, 5) is 0. The molecule has 0 amide bonds. The van der Waals surface area contributed by atoms with Crippen LogP contribution in [-0.2, 0) is 5.54 Å². The first kappa shape index (κ1) is 13.6. The molecule has 0 atom stereocenters. The van der Waals surface area contributed by atoms with Gasteiger partial charge in [-0.2, -0.15) is 0 Å². The second kappa shape index (κ2) is 5.27. The zero-order valence-electron chi connectivity index (χ0n) is 11.4. The van der Waals surface area contributed by atoms with Gasteiger partial charge < -0.3 is 19.5 Å². The molecule has 0 aromatic heterocycles. The summed E-state index contributed by atoms with van der Waals surface area (Å²) in [6, 6.07) is 3.78. The summed E-state index contributed by atoms with van der Waals surface area (Å²) in [7, 11) is 6.80. The Kier molecular flexibility index (Phi) is 4.23. The number of nitrogens with one attached hydrogen (secondary N) is 1. The monoisotopic (exact) mass is 239 g/mol. The van der Waals surface area contributed by atoms with E-state index in [1.807, 2.05) is 19.2 Å². The molecule has 4 heteroatoms. The molecule has 0 aliphatic carbocycles. The molecule has 4 nitrogen and oxygen atoms in total. The van der Waals surface area contributed by atoms with Gasteiger partial charge in [0.15, 0.2) is 11.5 Å². The third-order valence-electron chi connectivity index (χ3n) is 3.00. The molecule has 0 spiro atoms. The van der Waals surface area contributed by atoms with Crippen LogP contribution in [0.5, 0.6) is 17.2 Å². The molecule has 0 radical (unpaired) electrons. The van der Waals surface area contributed by atoms with Crippen LogP contribution in [-0.4, -0.2) is 28.4 Å². The molecule has 0 saturated carbocycles. The first-order valence-corrected chi connectivity index (χ1v) is 5.49. The first-order valence-electron chi connectivity index (χ1n) is 5.49. The molecule has 0 unspecified atom stereocenters. The van der Waals surface area contributed by atoms with Crippen LogP contribution < -0.4 is 19.5 Å². The Morgan fingerprint density at radius 2 is 1.35 bits per heavy atom. The van der Waals surface area contributed by atoms with Crippen molar-refractivity contribution in [1.29, 1.82) is 0 Å².